The van der Waals surface area contributed by atoms with Gasteiger partial charge in [-0.2, -0.15) is 9.37 Å². The van der Waals surface area contributed by atoms with Crippen LogP contribution in [0.1, 0.15) is 12.6 Å². The molecule has 0 saturated carbocycles. The Hall–Kier alpha value is -1.68. The number of carbonyl (C=O) groups excluding carboxylic acids is 1. The third-order valence-corrected chi connectivity index (χ3v) is 6.75. The molecule has 4 N–H and O–H groups in total. The van der Waals surface area contributed by atoms with Gasteiger partial charge in [-0.3, -0.25) is 14.8 Å². The molecule has 0 aliphatic rings. The monoisotopic (exact) mass is 824 g/mol. The summed E-state index contributed by atoms with van der Waals surface area (Å²) in [6.07, 6.45) is 3.63. The normalized spacial score (nSPS) is 10.3. The predicted molar refractivity (Wildman–Crippen MR) is 189 cm³/mol. The molecule has 0 radical (unpaired) electrons. The average molecular weight is 825 g/mol. The number of halogens is 2. The van der Waals surface area contributed by atoms with Crippen LogP contribution in [0.5, 0.6) is 5.88 Å². The molecule has 0 spiro atoms. The number of pyridine rings is 4. The van der Waals surface area contributed by atoms with E-state index in [2.05, 4.69) is 34.8 Å². The van der Waals surface area contributed by atoms with Gasteiger partial charge < -0.3 is 55.4 Å². The maximum Gasteiger partial charge on any atom is 1.00 e. The van der Waals surface area contributed by atoms with Gasteiger partial charge in [-0.25, -0.2) is 9.37 Å². The zero-order valence-corrected chi connectivity index (χ0v) is 37.6. The number of nitrogens with zero attached hydrogens (tertiary/aromatic N) is 4. The van der Waals surface area contributed by atoms with Crippen LogP contribution in [-0.2, 0) is 28.6 Å². The average Bonchev–Trinajstić information content (AvgIpc) is 3.70. The molecule has 0 atom stereocenters. The summed E-state index contributed by atoms with van der Waals surface area (Å²) in [6, 6.07) is 10.8. The van der Waals surface area contributed by atoms with Crippen molar-refractivity contribution in [1.29, 1.82) is 0 Å². The molecule has 0 fully saturated rings. The minimum atomic E-state index is -0.481. The molecular formula is C35H44F2K2N6O10. The fourth-order valence-electron chi connectivity index (χ4n) is 4.58. The molecule has 0 saturated heterocycles. The molecule has 0 bridgehead atoms. The molecule has 6 aromatic heterocycles. The van der Waals surface area contributed by atoms with Crippen molar-refractivity contribution < 1.29 is 162 Å². The Labute approximate surface area is 402 Å². The van der Waals surface area contributed by atoms with Crippen molar-refractivity contribution in [3.8, 4) is 5.88 Å². The molecule has 6 rings (SSSR count). The number of alkyl halides is 1. The van der Waals surface area contributed by atoms with Gasteiger partial charge in [-0.15, -0.1) is 0 Å². The number of carbonyl (C=O) groups is 1. The number of hydrogen-bond acceptors (Lipinski definition) is 14. The molecule has 0 unspecified atom stereocenters. The topological polar surface area (TPSA) is 219 Å². The zero-order chi connectivity index (χ0) is 38.3. The summed E-state index contributed by atoms with van der Waals surface area (Å²) >= 11 is 0. The SMILES string of the molecule is Cc1cnc2c(c1)[nH]c1nc(F)ccc12.Cc1cnc2c(c1)[nH]c1nc(OCCOCCOCCF)ccc12.O=CO[O-].OCCOCCOCCO.[H-].[K+].[K+]. The number of aryl methyl sites for hydroxylation is 2. The van der Waals surface area contributed by atoms with Crippen LogP contribution in [0, 0.1) is 19.8 Å². The third kappa shape index (κ3) is 18.6. The van der Waals surface area contributed by atoms with Crippen LogP contribution < -0.4 is 113 Å². The third-order valence-electron chi connectivity index (χ3n) is 6.75. The smallest absolute Gasteiger partial charge is 1.00 e. The molecule has 0 amide bonds. The quantitative estimate of drug-likeness (QED) is 0.0179. The van der Waals surface area contributed by atoms with Crippen molar-refractivity contribution in [1.82, 2.24) is 29.9 Å². The van der Waals surface area contributed by atoms with E-state index < -0.39 is 12.6 Å². The summed E-state index contributed by atoms with van der Waals surface area (Å²) < 4.78 is 50.3. The second-order valence-electron chi connectivity index (χ2n) is 10.8. The van der Waals surface area contributed by atoms with Crippen LogP contribution in [0.2, 0.25) is 0 Å². The number of nitrogens with one attached hydrogen (secondary N) is 2. The van der Waals surface area contributed by atoms with Crippen LogP contribution in [0.15, 0.2) is 48.8 Å². The number of H-pyrrole nitrogens is 2. The fourth-order valence-corrected chi connectivity index (χ4v) is 4.58. The summed E-state index contributed by atoms with van der Waals surface area (Å²) in [6.45, 7) is 6.77. The molecule has 6 heterocycles. The van der Waals surface area contributed by atoms with Crippen molar-refractivity contribution in [2.75, 3.05) is 79.4 Å². The van der Waals surface area contributed by atoms with E-state index in [1.807, 2.05) is 44.3 Å². The first-order chi connectivity index (χ1) is 25.8. The van der Waals surface area contributed by atoms with Crippen molar-refractivity contribution in [3.63, 3.8) is 0 Å². The van der Waals surface area contributed by atoms with Crippen LogP contribution >= 0.6 is 0 Å². The minimum absolute atomic E-state index is 0. The number of fused-ring (bicyclic) bond motifs is 6. The number of aliphatic hydroxyl groups is 2. The minimum Gasteiger partial charge on any atom is -1.00 e. The molecule has 0 aliphatic heterocycles. The Balaban J connectivity index is 0.000000814. The van der Waals surface area contributed by atoms with Crippen molar-refractivity contribution in [3.05, 3.63) is 65.9 Å². The first-order valence-electron chi connectivity index (χ1n) is 16.4. The summed E-state index contributed by atoms with van der Waals surface area (Å²) in [5.74, 6) is 0.0498. The Bertz CT molecular complexity index is 1900. The van der Waals surface area contributed by atoms with E-state index in [1.165, 1.54) is 6.07 Å². The van der Waals surface area contributed by atoms with E-state index in [0.29, 0.717) is 64.4 Å². The molecule has 0 aliphatic carbocycles. The van der Waals surface area contributed by atoms with Gasteiger partial charge in [0.15, 0.2) is 0 Å². The zero-order valence-electron chi connectivity index (χ0n) is 32.4. The summed E-state index contributed by atoms with van der Waals surface area (Å²) in [5.41, 5.74) is 7.06. The molecule has 20 heteroatoms. The van der Waals surface area contributed by atoms with Crippen LogP contribution in [0.4, 0.5) is 8.78 Å². The molecule has 0 aromatic carbocycles. The summed E-state index contributed by atoms with van der Waals surface area (Å²) in [7, 11) is 0. The number of rotatable bonds is 17. The Morgan fingerprint density at radius 3 is 1.67 bits per heavy atom. The first kappa shape index (κ1) is 51.3. The van der Waals surface area contributed by atoms with Crippen LogP contribution in [0.3, 0.4) is 0 Å². The van der Waals surface area contributed by atoms with Crippen molar-refractivity contribution >= 4 is 50.6 Å². The van der Waals surface area contributed by atoms with E-state index >= 15 is 0 Å². The van der Waals surface area contributed by atoms with Crippen LogP contribution in [0.25, 0.3) is 44.1 Å². The number of ether oxygens (including phenoxy) is 5. The molecule has 55 heavy (non-hydrogen) atoms. The number of aromatic nitrogens is 6. The molecule has 6 aromatic rings. The fraction of sp³-hybridized carbons (Fsp3) is 0.400. The maximum absolute atomic E-state index is 12.9. The number of hydrogen-bond donors (Lipinski definition) is 4. The van der Waals surface area contributed by atoms with E-state index in [0.717, 1.165) is 49.6 Å². The number of aromatic amines is 2. The second kappa shape index (κ2) is 30.4. The van der Waals surface area contributed by atoms with Gasteiger partial charge in [0, 0.05) is 29.2 Å². The van der Waals surface area contributed by atoms with Gasteiger partial charge in [0.1, 0.15) is 24.6 Å². The van der Waals surface area contributed by atoms with Gasteiger partial charge >= 0.3 is 103 Å². The Kier molecular flexibility index (Phi) is 28.4. The van der Waals surface area contributed by atoms with Gasteiger partial charge in [-0.05, 0) is 55.3 Å². The van der Waals surface area contributed by atoms with Crippen molar-refractivity contribution in [2.45, 2.75) is 13.8 Å². The summed E-state index contributed by atoms with van der Waals surface area (Å²) in [5, 5.41) is 26.8. The van der Waals surface area contributed by atoms with Gasteiger partial charge in [0.05, 0.1) is 88.1 Å². The predicted octanol–water partition coefficient (Wildman–Crippen LogP) is -3.08. The first-order valence-corrected chi connectivity index (χ1v) is 16.4. The van der Waals surface area contributed by atoms with Gasteiger partial charge in [0.25, 0.3) is 6.47 Å². The van der Waals surface area contributed by atoms with Crippen molar-refractivity contribution in [2.24, 2.45) is 0 Å². The van der Waals surface area contributed by atoms with Gasteiger partial charge in [0.2, 0.25) is 11.8 Å². The van der Waals surface area contributed by atoms with Gasteiger partial charge in [-0.1, -0.05) is 0 Å². The maximum atomic E-state index is 12.9. The van der Waals surface area contributed by atoms with E-state index in [-0.39, 0.29) is 130 Å². The van der Waals surface area contributed by atoms with E-state index in [4.69, 9.17) is 43.9 Å². The second-order valence-corrected chi connectivity index (χ2v) is 10.8. The standard InChI is InChI=1S/C17H20FN3O3.C11H8FN3.C6H14O4.CH2O3.2K.H/c1-12-10-14-16(19-11-12)13-2-3-15(21-17(13)20-14)24-9-8-23-7-6-22-5-4-18;1-6-4-8-10(13-5-6)7-2-3-9(12)15-11(7)14-8;7-1-3-9-5-6-10-4-2-8;2-1-4-3;;;/h2-3,10-11H,4-9H2,1H3,(H,20,21);2-5H,1H3,(H,14,15);7-8H,1-6H2;1,3H;;;/q;;;;2*+1;-1/p-1. The molecular weight excluding hydrogens is 781 g/mol. The van der Waals surface area contributed by atoms with E-state index in [1.54, 1.807) is 12.3 Å². The van der Waals surface area contributed by atoms with E-state index in [9.17, 15) is 8.78 Å². The molecule has 290 valence electrons. The molecule has 16 nitrogen and oxygen atoms in total. The Morgan fingerprint density at radius 1 is 0.727 bits per heavy atom. The largest absolute Gasteiger partial charge is 1.00 e. The summed E-state index contributed by atoms with van der Waals surface area (Å²) in [4.78, 5) is 34.5. The van der Waals surface area contributed by atoms with Crippen LogP contribution in [-0.4, -0.2) is 126 Å². The Morgan fingerprint density at radius 2 is 1.18 bits per heavy atom. The number of aliphatic hydroxyl groups excluding tert-OH is 2.